The van der Waals surface area contributed by atoms with Crippen molar-refractivity contribution in [3.8, 4) is 56.4 Å². The van der Waals surface area contributed by atoms with Gasteiger partial charge in [0.1, 0.15) is 34.6 Å². The Bertz CT molecular complexity index is 1930. The van der Waals surface area contributed by atoms with Crippen molar-refractivity contribution in [1.82, 2.24) is 0 Å². The molecule has 0 unspecified atom stereocenters. The van der Waals surface area contributed by atoms with Crippen LogP contribution in [0.5, 0.6) is 23.0 Å². The van der Waals surface area contributed by atoms with Crippen LogP contribution in [0.1, 0.15) is 0 Å². The average Bonchev–Trinajstić information content (AvgIpc) is 3.16. The predicted octanol–water partition coefficient (Wildman–Crippen LogP) is 8.66. The van der Waals surface area contributed by atoms with Gasteiger partial charge in [-0.1, -0.05) is 91.0 Å². The van der Waals surface area contributed by atoms with E-state index in [4.69, 9.17) is 29.0 Å². The summed E-state index contributed by atoms with van der Waals surface area (Å²) in [6.45, 7) is 0. The lowest BCUT2D eigenvalue weighted by Crippen LogP contribution is -2.32. The minimum Gasteiger partial charge on any atom is -0.497 e. The summed E-state index contributed by atoms with van der Waals surface area (Å²) in [6.07, 6.45) is 0. The van der Waals surface area contributed by atoms with Crippen molar-refractivity contribution in [2.45, 2.75) is 0 Å². The third-order valence-electron chi connectivity index (χ3n) is 7.52. The maximum absolute atomic E-state index is 14.7. The lowest BCUT2D eigenvalue weighted by atomic mass is 9.78. The SMILES string of the molecule is COc1cccc(OC)c1-c1ccc(-c2ccccc2)cc1F.COc1cccc(OC)c1B(O)O.Fc1cc(-c2ccccc2)ccc1I. The molecule has 0 radical (unpaired) electrons. The van der Waals surface area contributed by atoms with Crippen LogP contribution in [0, 0.1) is 15.2 Å². The predicted molar refractivity (Wildman–Crippen MR) is 204 cm³/mol. The molecule has 6 nitrogen and oxygen atoms in total. The fraction of sp³-hybridized carbons (Fsp3) is 0.100. The molecule has 0 amide bonds. The number of rotatable bonds is 8. The molecule has 2 N–H and O–H groups in total. The summed E-state index contributed by atoms with van der Waals surface area (Å²) in [5.41, 5.74) is 5.10. The third kappa shape index (κ3) is 9.62. The Morgan fingerprint density at radius 1 is 0.480 bits per heavy atom. The molecule has 0 aromatic heterocycles. The van der Waals surface area contributed by atoms with Gasteiger partial charge in [-0.05, 0) is 87.3 Å². The van der Waals surface area contributed by atoms with Crippen molar-refractivity contribution in [3.63, 3.8) is 0 Å². The monoisotopic (exact) mass is 788 g/mol. The molecule has 0 aliphatic heterocycles. The van der Waals surface area contributed by atoms with Crippen molar-refractivity contribution in [3.05, 3.63) is 149 Å². The number of methoxy groups -OCH3 is 4. The zero-order valence-corrected chi connectivity index (χ0v) is 30.1. The Balaban J connectivity index is 0.000000180. The average molecular weight is 788 g/mol. The maximum Gasteiger partial charge on any atom is 0.496 e. The first-order valence-electron chi connectivity index (χ1n) is 15.4. The van der Waals surface area contributed by atoms with E-state index in [1.165, 1.54) is 20.3 Å². The highest BCUT2D eigenvalue weighted by atomic mass is 127. The first-order valence-corrected chi connectivity index (χ1v) is 16.4. The van der Waals surface area contributed by atoms with E-state index in [9.17, 15) is 8.78 Å². The van der Waals surface area contributed by atoms with Gasteiger partial charge < -0.3 is 29.0 Å². The minimum atomic E-state index is -1.59. The van der Waals surface area contributed by atoms with E-state index in [1.807, 2.05) is 101 Å². The second-order valence-electron chi connectivity index (χ2n) is 10.5. The van der Waals surface area contributed by atoms with Gasteiger partial charge >= 0.3 is 7.12 Å². The Kier molecular flexibility index (Phi) is 14.2. The summed E-state index contributed by atoms with van der Waals surface area (Å²) in [7, 11) is 4.45. The highest BCUT2D eigenvalue weighted by molar-refractivity contribution is 14.1. The summed E-state index contributed by atoms with van der Waals surface area (Å²) in [6, 6.07) is 40.4. The Labute approximate surface area is 305 Å². The number of benzene rings is 6. The highest BCUT2D eigenvalue weighted by Gasteiger charge is 2.22. The lowest BCUT2D eigenvalue weighted by molar-refractivity contribution is 0.385. The van der Waals surface area contributed by atoms with E-state index < -0.39 is 7.12 Å². The first-order chi connectivity index (χ1) is 24.2. The molecule has 0 aliphatic rings. The fourth-order valence-electron chi connectivity index (χ4n) is 5.09. The summed E-state index contributed by atoms with van der Waals surface area (Å²) in [5, 5.41) is 18.1. The zero-order chi connectivity index (χ0) is 36.0. The van der Waals surface area contributed by atoms with Gasteiger partial charge in [0.05, 0.1) is 39.5 Å². The summed E-state index contributed by atoms with van der Waals surface area (Å²) in [5.74, 6) is 1.48. The highest BCUT2D eigenvalue weighted by Crippen LogP contribution is 2.40. The summed E-state index contributed by atoms with van der Waals surface area (Å²) in [4.78, 5) is 0. The molecule has 0 saturated heterocycles. The first kappa shape index (κ1) is 37.9. The van der Waals surface area contributed by atoms with Crippen molar-refractivity contribution in [2.75, 3.05) is 28.4 Å². The van der Waals surface area contributed by atoms with Gasteiger partial charge in [0.25, 0.3) is 0 Å². The molecule has 6 rings (SSSR count). The van der Waals surface area contributed by atoms with Crippen LogP contribution in [-0.4, -0.2) is 45.6 Å². The molecule has 0 saturated carbocycles. The fourth-order valence-corrected chi connectivity index (χ4v) is 5.42. The quantitative estimate of drug-likeness (QED) is 0.119. The molecular weight excluding hydrogens is 752 g/mol. The molecule has 50 heavy (non-hydrogen) atoms. The van der Waals surface area contributed by atoms with Gasteiger partial charge in [0.2, 0.25) is 0 Å². The van der Waals surface area contributed by atoms with Crippen LogP contribution in [0.2, 0.25) is 0 Å². The Hall–Kier alpha value is -4.91. The van der Waals surface area contributed by atoms with E-state index in [2.05, 4.69) is 0 Å². The topological polar surface area (TPSA) is 77.4 Å². The zero-order valence-electron chi connectivity index (χ0n) is 27.9. The molecule has 0 bridgehead atoms. The van der Waals surface area contributed by atoms with Crippen LogP contribution in [0.4, 0.5) is 8.78 Å². The van der Waals surface area contributed by atoms with Crippen molar-refractivity contribution >= 4 is 35.2 Å². The second-order valence-corrected chi connectivity index (χ2v) is 11.7. The Morgan fingerprint density at radius 2 is 0.900 bits per heavy atom. The molecule has 0 spiro atoms. The number of halogens is 3. The van der Waals surface area contributed by atoms with Crippen LogP contribution in [-0.2, 0) is 0 Å². The van der Waals surface area contributed by atoms with E-state index in [-0.39, 0.29) is 17.1 Å². The largest absolute Gasteiger partial charge is 0.497 e. The summed E-state index contributed by atoms with van der Waals surface area (Å²) >= 11 is 1.99. The van der Waals surface area contributed by atoms with Crippen LogP contribution in [0.25, 0.3) is 33.4 Å². The summed E-state index contributed by atoms with van der Waals surface area (Å²) < 4.78 is 49.3. The molecule has 0 aliphatic carbocycles. The number of hydrogen-bond donors (Lipinski definition) is 2. The molecule has 0 fully saturated rings. The molecular formula is C40H36BF2IO6. The molecule has 256 valence electrons. The Morgan fingerprint density at radius 3 is 1.30 bits per heavy atom. The van der Waals surface area contributed by atoms with Gasteiger partial charge in [-0.25, -0.2) is 8.78 Å². The van der Waals surface area contributed by atoms with E-state index in [0.717, 1.165) is 22.3 Å². The molecule has 6 aromatic rings. The molecule has 0 atom stereocenters. The molecule has 6 aromatic carbocycles. The van der Waals surface area contributed by atoms with Gasteiger partial charge in [-0.3, -0.25) is 0 Å². The van der Waals surface area contributed by atoms with Gasteiger partial charge in [0, 0.05) is 9.13 Å². The molecule has 10 heteroatoms. The minimum absolute atomic E-state index is 0.160. The maximum atomic E-state index is 14.7. The third-order valence-corrected chi connectivity index (χ3v) is 8.40. The van der Waals surface area contributed by atoms with Gasteiger partial charge in [0.15, 0.2) is 0 Å². The van der Waals surface area contributed by atoms with Gasteiger partial charge in [-0.15, -0.1) is 0 Å². The molecule has 0 heterocycles. The normalized spacial score (nSPS) is 10.1. The van der Waals surface area contributed by atoms with Gasteiger partial charge in [-0.2, -0.15) is 0 Å². The number of hydrogen-bond acceptors (Lipinski definition) is 6. The smallest absolute Gasteiger partial charge is 0.496 e. The van der Waals surface area contributed by atoms with E-state index in [0.29, 0.717) is 37.7 Å². The van der Waals surface area contributed by atoms with E-state index >= 15 is 0 Å². The standard InChI is InChI=1S/C20H17FO2.C12H8FI.C8H11BO4/c1-22-18-9-6-10-19(23-2)20(18)16-12-11-15(13-17(16)21)14-7-4-3-5-8-14;13-11-8-10(6-7-12(11)14)9-4-2-1-3-5-9;1-12-6-4-3-5-7(13-2)8(6)9(10)11/h3-13H,1-2H3;1-8H;3-5,10-11H,1-2H3. The van der Waals surface area contributed by atoms with Crippen molar-refractivity contribution in [2.24, 2.45) is 0 Å². The lowest BCUT2D eigenvalue weighted by Gasteiger charge is -2.14. The van der Waals surface area contributed by atoms with Crippen LogP contribution >= 0.6 is 22.6 Å². The second kappa shape index (κ2) is 18.7. The van der Waals surface area contributed by atoms with Crippen molar-refractivity contribution in [1.29, 1.82) is 0 Å². The number of ether oxygens (including phenoxy) is 4. The van der Waals surface area contributed by atoms with E-state index in [1.54, 1.807) is 62.8 Å². The van der Waals surface area contributed by atoms with Crippen LogP contribution in [0.15, 0.2) is 133 Å². The van der Waals surface area contributed by atoms with Crippen LogP contribution < -0.4 is 24.4 Å². The van der Waals surface area contributed by atoms with Crippen LogP contribution in [0.3, 0.4) is 0 Å². The van der Waals surface area contributed by atoms with Crippen molar-refractivity contribution < 1.29 is 37.8 Å².